The normalized spacial score (nSPS) is 11.4. The van der Waals surface area contributed by atoms with Gasteiger partial charge < -0.3 is 9.73 Å². The summed E-state index contributed by atoms with van der Waals surface area (Å²) in [6.45, 7) is 6.62. The summed E-state index contributed by atoms with van der Waals surface area (Å²) in [4.78, 5) is 9.19. The SMILES string of the molecule is Cc1cc(C)c2c(n1)nn1c(NCc3ccco3)cc(C)nc21. The second kappa shape index (κ2) is 5.08. The van der Waals surface area contributed by atoms with E-state index in [9.17, 15) is 0 Å². The van der Waals surface area contributed by atoms with Crippen LogP contribution in [0.4, 0.5) is 5.82 Å². The third-order valence-electron chi connectivity index (χ3n) is 3.82. The van der Waals surface area contributed by atoms with Gasteiger partial charge in [0.05, 0.1) is 18.2 Å². The van der Waals surface area contributed by atoms with Crippen molar-refractivity contribution in [1.29, 1.82) is 0 Å². The highest BCUT2D eigenvalue weighted by atomic mass is 16.3. The number of aromatic nitrogens is 4. The summed E-state index contributed by atoms with van der Waals surface area (Å²) in [6.07, 6.45) is 1.67. The molecule has 4 rings (SSSR count). The fourth-order valence-electron chi connectivity index (χ4n) is 2.86. The van der Waals surface area contributed by atoms with E-state index in [-0.39, 0.29) is 0 Å². The maximum absolute atomic E-state index is 5.37. The van der Waals surface area contributed by atoms with E-state index in [4.69, 9.17) is 4.42 Å². The Labute approximate surface area is 133 Å². The standard InChI is InChI=1S/C17H17N5O/c1-10-7-11(2)19-16-15(10)17-20-12(3)8-14(22(17)21-16)18-9-13-5-4-6-23-13/h4-8,18H,9H2,1-3H3. The molecule has 0 aliphatic rings. The summed E-state index contributed by atoms with van der Waals surface area (Å²) in [7, 11) is 0. The molecule has 0 amide bonds. The van der Waals surface area contributed by atoms with Crippen molar-refractivity contribution in [2.24, 2.45) is 0 Å². The summed E-state index contributed by atoms with van der Waals surface area (Å²) in [5.41, 5.74) is 4.58. The van der Waals surface area contributed by atoms with E-state index in [1.54, 1.807) is 6.26 Å². The van der Waals surface area contributed by atoms with Crippen LogP contribution in [0.1, 0.15) is 22.7 Å². The lowest BCUT2D eigenvalue weighted by Crippen LogP contribution is -2.06. The van der Waals surface area contributed by atoms with Gasteiger partial charge in [0.15, 0.2) is 11.3 Å². The Morgan fingerprint density at radius 1 is 1.13 bits per heavy atom. The first kappa shape index (κ1) is 13.8. The number of hydrogen-bond acceptors (Lipinski definition) is 5. The third-order valence-corrected chi connectivity index (χ3v) is 3.82. The number of pyridine rings is 1. The van der Waals surface area contributed by atoms with Gasteiger partial charge in [0.1, 0.15) is 11.6 Å². The van der Waals surface area contributed by atoms with Crippen LogP contribution in [0.3, 0.4) is 0 Å². The molecule has 4 aromatic heterocycles. The van der Waals surface area contributed by atoms with Crippen LogP contribution < -0.4 is 5.32 Å². The van der Waals surface area contributed by atoms with E-state index >= 15 is 0 Å². The minimum Gasteiger partial charge on any atom is -0.467 e. The van der Waals surface area contributed by atoms with Crippen LogP contribution in [-0.2, 0) is 6.54 Å². The summed E-state index contributed by atoms with van der Waals surface area (Å²) < 4.78 is 7.19. The highest BCUT2D eigenvalue weighted by Gasteiger charge is 2.14. The molecule has 0 unspecified atom stereocenters. The van der Waals surface area contributed by atoms with E-state index in [2.05, 4.69) is 33.4 Å². The zero-order valence-electron chi connectivity index (χ0n) is 13.3. The average Bonchev–Trinajstić information content (AvgIpc) is 3.11. The summed E-state index contributed by atoms with van der Waals surface area (Å²) in [5.74, 6) is 1.74. The zero-order chi connectivity index (χ0) is 16.0. The van der Waals surface area contributed by atoms with Gasteiger partial charge >= 0.3 is 0 Å². The van der Waals surface area contributed by atoms with Crippen molar-refractivity contribution in [2.75, 3.05) is 5.32 Å². The molecule has 0 saturated heterocycles. The van der Waals surface area contributed by atoms with Crippen molar-refractivity contribution >= 4 is 22.5 Å². The van der Waals surface area contributed by atoms with E-state index in [1.165, 1.54) is 0 Å². The molecular weight excluding hydrogens is 290 g/mol. The van der Waals surface area contributed by atoms with Gasteiger partial charge in [-0.2, -0.15) is 4.52 Å². The molecule has 0 radical (unpaired) electrons. The van der Waals surface area contributed by atoms with E-state index in [1.807, 2.05) is 36.6 Å². The Morgan fingerprint density at radius 2 is 1.96 bits per heavy atom. The minimum atomic E-state index is 0.590. The quantitative estimate of drug-likeness (QED) is 0.628. The zero-order valence-corrected chi connectivity index (χ0v) is 13.3. The molecule has 1 N–H and O–H groups in total. The molecule has 0 bridgehead atoms. The predicted molar refractivity (Wildman–Crippen MR) is 88.5 cm³/mol. The van der Waals surface area contributed by atoms with Gasteiger partial charge in [0, 0.05) is 17.5 Å². The molecule has 0 aromatic carbocycles. The number of furan rings is 1. The van der Waals surface area contributed by atoms with Crippen LogP contribution in [0.5, 0.6) is 0 Å². The van der Waals surface area contributed by atoms with Crippen molar-refractivity contribution < 1.29 is 4.42 Å². The molecular formula is C17H17N5O. The molecule has 0 atom stereocenters. The lowest BCUT2D eigenvalue weighted by atomic mass is 10.2. The van der Waals surface area contributed by atoms with E-state index in [0.717, 1.165) is 45.2 Å². The van der Waals surface area contributed by atoms with E-state index in [0.29, 0.717) is 6.54 Å². The first-order valence-electron chi connectivity index (χ1n) is 7.52. The summed E-state index contributed by atoms with van der Waals surface area (Å²) >= 11 is 0. The van der Waals surface area contributed by atoms with Crippen LogP contribution >= 0.6 is 0 Å². The number of hydrogen-bond donors (Lipinski definition) is 1. The predicted octanol–water partition coefficient (Wildman–Crippen LogP) is 3.41. The van der Waals surface area contributed by atoms with Gasteiger partial charge in [0.2, 0.25) is 0 Å². The van der Waals surface area contributed by atoms with Gasteiger partial charge in [-0.05, 0) is 44.5 Å². The lowest BCUT2D eigenvalue weighted by molar-refractivity contribution is 0.517. The Balaban J connectivity index is 1.88. The number of rotatable bonds is 3. The van der Waals surface area contributed by atoms with E-state index < -0.39 is 0 Å². The van der Waals surface area contributed by atoms with Crippen LogP contribution in [0.2, 0.25) is 0 Å². The molecule has 23 heavy (non-hydrogen) atoms. The maximum atomic E-state index is 5.37. The number of fused-ring (bicyclic) bond motifs is 3. The first-order chi connectivity index (χ1) is 11.1. The van der Waals surface area contributed by atoms with Crippen molar-refractivity contribution in [3.05, 3.63) is 53.2 Å². The molecule has 0 saturated carbocycles. The highest BCUT2D eigenvalue weighted by Crippen LogP contribution is 2.24. The van der Waals surface area contributed by atoms with Gasteiger partial charge in [-0.25, -0.2) is 9.97 Å². The highest BCUT2D eigenvalue weighted by molar-refractivity contribution is 5.93. The fraction of sp³-hybridized carbons (Fsp3) is 0.235. The van der Waals surface area contributed by atoms with Crippen LogP contribution in [0.15, 0.2) is 34.9 Å². The molecule has 6 nitrogen and oxygen atoms in total. The van der Waals surface area contributed by atoms with Crippen LogP contribution in [0, 0.1) is 20.8 Å². The summed E-state index contributed by atoms with van der Waals surface area (Å²) in [5, 5.41) is 8.99. The topological polar surface area (TPSA) is 68.2 Å². The van der Waals surface area contributed by atoms with Crippen molar-refractivity contribution in [2.45, 2.75) is 27.3 Å². The minimum absolute atomic E-state index is 0.590. The third kappa shape index (κ3) is 2.32. The Bertz CT molecular complexity index is 1000. The molecule has 0 fully saturated rings. The van der Waals surface area contributed by atoms with Gasteiger partial charge in [-0.3, -0.25) is 0 Å². The van der Waals surface area contributed by atoms with Gasteiger partial charge in [-0.1, -0.05) is 0 Å². The molecule has 0 aliphatic heterocycles. The molecule has 116 valence electrons. The molecule has 4 heterocycles. The largest absolute Gasteiger partial charge is 0.467 e. The second-order valence-electron chi connectivity index (χ2n) is 5.73. The Hall–Kier alpha value is -2.89. The van der Waals surface area contributed by atoms with Gasteiger partial charge in [0.25, 0.3) is 0 Å². The molecule has 6 heteroatoms. The van der Waals surface area contributed by atoms with Crippen molar-refractivity contribution in [3.63, 3.8) is 0 Å². The van der Waals surface area contributed by atoms with Crippen LogP contribution in [0.25, 0.3) is 16.7 Å². The van der Waals surface area contributed by atoms with Crippen LogP contribution in [-0.4, -0.2) is 19.6 Å². The Kier molecular flexibility index (Phi) is 3.04. The number of anilines is 1. The van der Waals surface area contributed by atoms with Gasteiger partial charge in [-0.15, -0.1) is 5.10 Å². The monoisotopic (exact) mass is 307 g/mol. The number of aryl methyl sites for hydroxylation is 3. The maximum Gasteiger partial charge on any atom is 0.184 e. The Morgan fingerprint density at radius 3 is 2.74 bits per heavy atom. The fourth-order valence-corrected chi connectivity index (χ4v) is 2.86. The average molecular weight is 307 g/mol. The lowest BCUT2D eigenvalue weighted by Gasteiger charge is -2.08. The summed E-state index contributed by atoms with van der Waals surface area (Å²) in [6, 6.07) is 7.85. The number of nitrogens with zero attached hydrogens (tertiary/aromatic N) is 4. The smallest absolute Gasteiger partial charge is 0.184 e. The molecule has 0 aliphatic carbocycles. The molecule has 4 aromatic rings. The number of nitrogens with one attached hydrogen (secondary N) is 1. The first-order valence-corrected chi connectivity index (χ1v) is 7.52. The molecule has 0 spiro atoms. The van der Waals surface area contributed by atoms with Crippen molar-refractivity contribution in [1.82, 2.24) is 19.6 Å². The van der Waals surface area contributed by atoms with Crippen molar-refractivity contribution in [3.8, 4) is 0 Å². The second-order valence-corrected chi connectivity index (χ2v) is 5.73.